The van der Waals surface area contributed by atoms with E-state index >= 15 is 0 Å². The largest absolute Gasteiger partial charge is 0.370 e. The number of aliphatic imine (C=N–C) groups is 1. The van der Waals surface area contributed by atoms with Gasteiger partial charge in [0.05, 0.1) is 6.33 Å². The number of imidazole rings is 1. The van der Waals surface area contributed by atoms with E-state index in [9.17, 15) is 24.0 Å². The first-order chi connectivity index (χ1) is 26.0. The minimum atomic E-state index is -1.16. The quantitative estimate of drug-likeness (QED) is 0.0493. The fourth-order valence-electron chi connectivity index (χ4n) is 6.50. The number of rotatable bonds is 16. The normalized spacial score (nSPS) is 15.1. The van der Waals surface area contributed by atoms with Gasteiger partial charge in [-0.3, -0.25) is 29.0 Å². The molecule has 282 valence electrons. The molecule has 54 heavy (non-hydrogen) atoms. The first-order valence-corrected chi connectivity index (χ1v) is 17.7. The van der Waals surface area contributed by atoms with E-state index in [4.69, 9.17) is 17.2 Å². The summed E-state index contributed by atoms with van der Waals surface area (Å²) in [5, 5.41) is 8.28. The lowest BCUT2D eigenvalue weighted by Gasteiger charge is -2.37. The number of hydrogen-bond donors (Lipinski definition) is 7. The zero-order valence-corrected chi connectivity index (χ0v) is 30.0. The molecule has 1 aromatic heterocycles. The van der Waals surface area contributed by atoms with Gasteiger partial charge in [-0.15, -0.1) is 0 Å². The zero-order chi connectivity index (χ0) is 38.6. The van der Waals surface area contributed by atoms with Gasteiger partial charge in [-0.05, 0) is 40.7 Å². The maximum Gasteiger partial charge on any atom is 0.246 e. The first-order valence-electron chi connectivity index (χ1n) is 17.7. The van der Waals surface area contributed by atoms with Gasteiger partial charge in [0.15, 0.2) is 5.96 Å². The van der Waals surface area contributed by atoms with Gasteiger partial charge in [0.1, 0.15) is 24.2 Å². The van der Waals surface area contributed by atoms with Gasteiger partial charge in [-0.1, -0.05) is 78.9 Å². The second kappa shape index (κ2) is 18.3. The average molecular weight is 735 g/mol. The van der Waals surface area contributed by atoms with Crippen molar-refractivity contribution in [3.05, 3.63) is 114 Å². The number of nitrogens with zero attached hydrogens (tertiary/aromatic N) is 3. The third-order valence-corrected chi connectivity index (χ3v) is 9.23. The summed E-state index contributed by atoms with van der Waals surface area (Å²) in [7, 11) is 0. The summed E-state index contributed by atoms with van der Waals surface area (Å²) in [5.74, 6) is -3.01. The van der Waals surface area contributed by atoms with Crippen molar-refractivity contribution >= 4 is 35.5 Å². The summed E-state index contributed by atoms with van der Waals surface area (Å²) in [5.41, 5.74) is 22.0. The number of amides is 5. The summed E-state index contributed by atoms with van der Waals surface area (Å²) in [6, 6.07) is 20.7. The Labute approximate surface area is 313 Å². The van der Waals surface area contributed by atoms with Crippen LogP contribution in [0.2, 0.25) is 0 Å². The molecule has 5 rings (SSSR count). The summed E-state index contributed by atoms with van der Waals surface area (Å²) >= 11 is 0. The number of hydrogen-bond acceptors (Lipinski definition) is 7. The molecule has 3 aromatic carbocycles. The number of aromatic amines is 1. The molecule has 15 nitrogen and oxygen atoms in total. The smallest absolute Gasteiger partial charge is 0.246 e. The van der Waals surface area contributed by atoms with Crippen LogP contribution in [-0.2, 0) is 49.8 Å². The second-order valence-corrected chi connectivity index (χ2v) is 13.2. The van der Waals surface area contributed by atoms with Gasteiger partial charge in [-0.2, -0.15) is 0 Å². The molecule has 5 amide bonds. The van der Waals surface area contributed by atoms with E-state index in [1.54, 1.807) is 0 Å². The molecule has 15 heteroatoms. The minimum absolute atomic E-state index is 0.0757. The van der Waals surface area contributed by atoms with Crippen LogP contribution in [0, 0.1) is 0 Å². The van der Waals surface area contributed by atoms with E-state index in [-0.39, 0.29) is 44.7 Å². The molecule has 0 saturated carbocycles. The molecule has 0 unspecified atom stereocenters. The summed E-state index contributed by atoms with van der Waals surface area (Å²) in [6.07, 6.45) is 3.77. The van der Waals surface area contributed by atoms with Crippen LogP contribution in [0.4, 0.5) is 0 Å². The number of guanidine groups is 1. The number of carbonyl (C=O) groups is 5. The third kappa shape index (κ3) is 10.5. The number of H-pyrrole nitrogens is 1. The highest BCUT2D eigenvalue weighted by atomic mass is 16.2. The van der Waals surface area contributed by atoms with Crippen molar-refractivity contribution in [2.75, 3.05) is 6.54 Å². The van der Waals surface area contributed by atoms with Crippen LogP contribution >= 0.6 is 0 Å². The van der Waals surface area contributed by atoms with Crippen LogP contribution in [-0.4, -0.2) is 81.1 Å². The lowest BCUT2D eigenvalue weighted by molar-refractivity contribution is -0.144. The molecule has 0 bridgehead atoms. The topological polar surface area (TPSA) is 244 Å². The number of nitrogens with two attached hydrogens (primary N) is 3. The number of aromatic nitrogens is 2. The predicted octanol–water partition coefficient (Wildman–Crippen LogP) is 0.829. The van der Waals surface area contributed by atoms with Crippen LogP contribution in [0.1, 0.15) is 42.1 Å². The van der Waals surface area contributed by atoms with Crippen molar-refractivity contribution in [2.45, 2.75) is 69.7 Å². The fraction of sp³-hybridized carbons (Fsp3) is 0.308. The monoisotopic (exact) mass is 734 g/mol. The fourth-order valence-corrected chi connectivity index (χ4v) is 6.50. The molecule has 1 aliphatic rings. The van der Waals surface area contributed by atoms with Crippen LogP contribution in [0.3, 0.4) is 0 Å². The van der Waals surface area contributed by atoms with E-state index in [0.29, 0.717) is 12.1 Å². The molecule has 0 saturated heterocycles. The van der Waals surface area contributed by atoms with Crippen LogP contribution < -0.4 is 33.2 Å². The van der Waals surface area contributed by atoms with Gasteiger partial charge >= 0.3 is 0 Å². The molecule has 0 aliphatic carbocycles. The van der Waals surface area contributed by atoms with Crippen molar-refractivity contribution in [3.8, 4) is 11.1 Å². The molecular formula is C39H46N10O5. The average Bonchev–Trinajstić information content (AvgIpc) is 3.68. The SMILES string of the molecule is CC(=O)N[C@@H](Cc1cnc[nH]1)C(=O)N[C@@H](CCCN=C(N)N)C(=O)N[C@H](Cc1ccc(-c2ccccc2)cc1)C(=O)N1Cc2ccccc2C[C@@H]1C(N)=O. The minimum Gasteiger partial charge on any atom is -0.370 e. The lowest BCUT2D eigenvalue weighted by atomic mass is 9.92. The molecule has 10 N–H and O–H groups in total. The van der Waals surface area contributed by atoms with Crippen molar-refractivity contribution in [1.29, 1.82) is 0 Å². The number of nitrogens with one attached hydrogen (secondary N) is 4. The number of fused-ring (bicyclic) bond motifs is 1. The van der Waals surface area contributed by atoms with Gasteiger partial charge in [0, 0.05) is 51.2 Å². The van der Waals surface area contributed by atoms with Crippen molar-refractivity contribution in [1.82, 2.24) is 30.8 Å². The highest BCUT2D eigenvalue weighted by Gasteiger charge is 2.38. The van der Waals surface area contributed by atoms with E-state index in [1.165, 1.54) is 24.3 Å². The molecule has 4 atom stereocenters. The first kappa shape index (κ1) is 38.7. The van der Waals surface area contributed by atoms with Gasteiger partial charge in [0.2, 0.25) is 29.5 Å². The van der Waals surface area contributed by atoms with Gasteiger partial charge < -0.3 is 43.0 Å². The van der Waals surface area contributed by atoms with Gasteiger partial charge in [0.25, 0.3) is 0 Å². The lowest BCUT2D eigenvalue weighted by Crippen LogP contribution is -2.60. The maximum absolute atomic E-state index is 14.6. The Morgan fingerprint density at radius 1 is 0.815 bits per heavy atom. The van der Waals surface area contributed by atoms with Crippen molar-refractivity contribution < 1.29 is 24.0 Å². The zero-order valence-electron chi connectivity index (χ0n) is 30.0. The molecule has 0 radical (unpaired) electrons. The molecule has 0 spiro atoms. The Kier molecular flexibility index (Phi) is 13.1. The Morgan fingerprint density at radius 3 is 2.11 bits per heavy atom. The third-order valence-electron chi connectivity index (χ3n) is 9.23. The number of benzene rings is 3. The van der Waals surface area contributed by atoms with E-state index < -0.39 is 53.7 Å². The Hall–Kier alpha value is -6.51. The summed E-state index contributed by atoms with van der Waals surface area (Å²) in [6.45, 7) is 1.58. The van der Waals surface area contributed by atoms with Crippen LogP contribution in [0.5, 0.6) is 0 Å². The van der Waals surface area contributed by atoms with Gasteiger partial charge in [-0.25, -0.2) is 4.98 Å². The van der Waals surface area contributed by atoms with Crippen LogP contribution in [0.15, 0.2) is 96.4 Å². The molecular weight excluding hydrogens is 688 g/mol. The molecule has 0 fully saturated rings. The molecule has 2 heterocycles. The van der Waals surface area contributed by atoms with E-state index in [0.717, 1.165) is 27.8 Å². The highest BCUT2D eigenvalue weighted by Crippen LogP contribution is 2.25. The Bertz CT molecular complexity index is 1950. The maximum atomic E-state index is 14.6. The summed E-state index contributed by atoms with van der Waals surface area (Å²) in [4.78, 5) is 79.6. The summed E-state index contributed by atoms with van der Waals surface area (Å²) < 4.78 is 0. The van der Waals surface area contributed by atoms with Crippen molar-refractivity contribution in [3.63, 3.8) is 0 Å². The molecule has 1 aliphatic heterocycles. The highest BCUT2D eigenvalue weighted by molar-refractivity contribution is 5.95. The van der Waals surface area contributed by atoms with E-state index in [2.05, 4.69) is 30.9 Å². The Morgan fingerprint density at radius 2 is 1.46 bits per heavy atom. The Balaban J connectivity index is 1.43. The molecule has 4 aromatic rings. The van der Waals surface area contributed by atoms with Crippen LogP contribution in [0.25, 0.3) is 11.1 Å². The van der Waals surface area contributed by atoms with E-state index in [1.807, 2.05) is 78.9 Å². The standard InChI is InChI=1S/C39H46N10O5/c1-24(50)46-32(20-30-21-43-23-45-30)37(53)47-31(12-7-17-44-39(41)42)36(52)48-33(18-25-13-15-27(16-14-25)26-8-3-2-4-9-26)38(54)49-22-29-11-6-5-10-28(29)19-34(49)35(40)51/h2-6,8-11,13-16,21,23,31-34H,7,12,17-20,22H2,1H3,(H2,40,51)(H,43,45)(H,46,50)(H,47,53)(H,48,52)(H4,41,42,44)/t31-,32-,33+,34+/m0/s1. The number of primary amides is 1. The second-order valence-electron chi connectivity index (χ2n) is 13.2. The number of carbonyl (C=O) groups excluding carboxylic acids is 5. The predicted molar refractivity (Wildman–Crippen MR) is 203 cm³/mol. The van der Waals surface area contributed by atoms with Crippen molar-refractivity contribution in [2.24, 2.45) is 22.2 Å².